The van der Waals surface area contributed by atoms with Crippen molar-refractivity contribution >= 4 is 23.0 Å². The minimum atomic E-state index is -1.49. The van der Waals surface area contributed by atoms with Crippen LogP contribution >= 0.6 is 0 Å². The minimum absolute atomic E-state index is 0.0772. The number of carbonyl (C=O) groups is 1. The number of aliphatic hydroxyl groups excluding tert-OH is 1. The van der Waals surface area contributed by atoms with E-state index in [4.69, 9.17) is 5.11 Å². The lowest BCUT2D eigenvalue weighted by Crippen LogP contribution is -2.37. The number of non-ortho nitro benzene ring substituents is 1. The maximum Gasteiger partial charge on any atom is 0.331 e. The van der Waals surface area contributed by atoms with E-state index >= 15 is 0 Å². The van der Waals surface area contributed by atoms with Crippen LogP contribution in [0.5, 0.6) is 0 Å². The second-order valence-corrected chi connectivity index (χ2v) is 5.78. The Morgan fingerprint density at radius 3 is 2.18 bits per heavy atom. The van der Waals surface area contributed by atoms with Gasteiger partial charge >= 0.3 is 11.9 Å². The highest BCUT2D eigenvalue weighted by Gasteiger charge is 2.43. The van der Waals surface area contributed by atoms with Crippen molar-refractivity contribution in [2.45, 2.75) is 26.0 Å². The third-order valence-electron chi connectivity index (χ3n) is 3.73. The summed E-state index contributed by atoms with van der Waals surface area (Å²) in [7, 11) is 0. The monoisotopic (exact) mass is 387 g/mol. The average molecular weight is 387 g/mol. The number of benzene rings is 1. The number of nitro benzene ring substituents is 1. The Balaban J connectivity index is 0.000000261. The number of hydrogen-bond donors (Lipinski definition) is 1. The summed E-state index contributed by atoms with van der Waals surface area (Å²) in [5.74, 6) is -0.781. The third-order valence-corrected chi connectivity index (χ3v) is 3.73. The molecule has 0 radical (unpaired) electrons. The fraction of sp³-hybridized carbons (Fsp3) is 0.235. The summed E-state index contributed by atoms with van der Waals surface area (Å²) in [5, 5.41) is 34.9. The normalized spacial score (nSPS) is 16.7. The summed E-state index contributed by atoms with van der Waals surface area (Å²) < 4.78 is 0. The first kappa shape index (κ1) is 20.6. The van der Waals surface area contributed by atoms with Crippen molar-refractivity contribution in [3.05, 3.63) is 74.6 Å². The number of anilines is 1. The first-order chi connectivity index (χ1) is 13.2. The summed E-state index contributed by atoms with van der Waals surface area (Å²) in [5.41, 5.74) is 0.909. The van der Waals surface area contributed by atoms with Gasteiger partial charge in [0.25, 0.3) is 5.69 Å². The number of hydrogen-bond acceptors (Lipinski definition) is 8. The highest BCUT2D eigenvalue weighted by Crippen LogP contribution is 2.24. The van der Waals surface area contributed by atoms with E-state index in [-0.39, 0.29) is 17.1 Å². The molecule has 0 bridgehead atoms. The molecule has 0 fully saturated rings. The molecule has 0 saturated carbocycles. The molecule has 11 nitrogen and oxygen atoms in total. The van der Waals surface area contributed by atoms with Gasteiger partial charge in [0, 0.05) is 23.3 Å². The highest BCUT2D eigenvalue weighted by molar-refractivity contribution is 6.16. The predicted octanol–water partition coefficient (Wildman–Crippen LogP) is 2.10. The molecule has 3 rings (SSSR count). The van der Waals surface area contributed by atoms with Crippen molar-refractivity contribution < 1.29 is 19.7 Å². The van der Waals surface area contributed by atoms with Crippen molar-refractivity contribution in [1.29, 1.82) is 0 Å². The first-order valence-corrected chi connectivity index (χ1v) is 8.08. The van der Waals surface area contributed by atoms with Crippen LogP contribution in [-0.4, -0.2) is 37.6 Å². The molecule has 2 unspecified atom stereocenters. The lowest BCUT2D eigenvalue weighted by atomic mass is 10.2. The van der Waals surface area contributed by atoms with Crippen molar-refractivity contribution in [2.24, 2.45) is 5.10 Å². The van der Waals surface area contributed by atoms with Gasteiger partial charge in [-0.1, -0.05) is 6.07 Å². The van der Waals surface area contributed by atoms with Crippen molar-refractivity contribution in [1.82, 2.24) is 4.98 Å². The molecule has 1 N–H and O–H groups in total. The number of nitrogens with zero attached hydrogens (tertiary/aromatic N) is 5. The molecular formula is C17H17N5O6. The third kappa shape index (κ3) is 4.71. The zero-order chi connectivity index (χ0) is 20.8. The standard InChI is InChI=1S/C10H8N4O5.C7H9NO/c1-6-9(14(18)19)10(15)12(11-6)7-2-4-8(5-3-7)13(16)17;1-6(9)7-4-2-3-5-8-7/h2-5,9H,1H3;2-6,9H,1H3. The van der Waals surface area contributed by atoms with Crippen LogP contribution in [0, 0.1) is 20.2 Å². The Morgan fingerprint density at radius 2 is 1.79 bits per heavy atom. The number of rotatable bonds is 4. The molecule has 1 aliphatic heterocycles. The molecular weight excluding hydrogens is 370 g/mol. The summed E-state index contributed by atoms with van der Waals surface area (Å²) in [6.07, 6.45) is 1.22. The number of amides is 1. The molecule has 2 heterocycles. The summed E-state index contributed by atoms with van der Waals surface area (Å²) in [6, 6.07) is 9.02. The van der Waals surface area contributed by atoms with Crippen LogP contribution in [0.3, 0.4) is 0 Å². The Morgan fingerprint density at radius 1 is 1.14 bits per heavy atom. The molecule has 1 aromatic carbocycles. The van der Waals surface area contributed by atoms with Gasteiger partial charge in [-0.2, -0.15) is 10.1 Å². The maximum absolute atomic E-state index is 11.8. The SMILES string of the molecule is CC(O)c1ccccn1.CC1=NN(c2ccc([N+](=O)[O-])cc2)C(=O)C1[N+](=O)[O-]. The lowest BCUT2D eigenvalue weighted by Gasteiger charge is -2.10. The van der Waals surface area contributed by atoms with E-state index in [0.717, 1.165) is 10.7 Å². The van der Waals surface area contributed by atoms with Crippen LogP contribution in [-0.2, 0) is 4.79 Å². The molecule has 11 heteroatoms. The van der Waals surface area contributed by atoms with E-state index < -0.39 is 27.9 Å². The first-order valence-electron chi connectivity index (χ1n) is 8.08. The number of aliphatic hydroxyl groups is 1. The zero-order valence-corrected chi connectivity index (χ0v) is 15.0. The van der Waals surface area contributed by atoms with Gasteiger partial charge in [-0.25, -0.2) is 0 Å². The van der Waals surface area contributed by atoms with Gasteiger partial charge in [0.1, 0.15) is 5.71 Å². The fourth-order valence-electron chi connectivity index (χ4n) is 2.32. The topological polar surface area (TPSA) is 152 Å². The Bertz CT molecular complexity index is 898. The zero-order valence-electron chi connectivity index (χ0n) is 15.0. The van der Waals surface area contributed by atoms with Crippen molar-refractivity contribution in [3.8, 4) is 0 Å². The summed E-state index contributed by atoms with van der Waals surface area (Å²) in [6.45, 7) is 3.08. The molecule has 0 spiro atoms. The van der Waals surface area contributed by atoms with Crippen molar-refractivity contribution in [3.63, 3.8) is 0 Å². The van der Waals surface area contributed by atoms with Gasteiger partial charge in [0.05, 0.1) is 22.4 Å². The molecule has 1 amide bonds. The van der Waals surface area contributed by atoms with Gasteiger partial charge in [0.15, 0.2) is 0 Å². The number of nitro groups is 2. The predicted molar refractivity (Wildman–Crippen MR) is 99.3 cm³/mol. The van der Waals surface area contributed by atoms with Gasteiger partial charge < -0.3 is 5.11 Å². The molecule has 1 aromatic heterocycles. The maximum atomic E-state index is 11.8. The van der Waals surface area contributed by atoms with Crippen LogP contribution in [0.25, 0.3) is 0 Å². The van der Waals surface area contributed by atoms with Crippen LogP contribution < -0.4 is 5.01 Å². The van der Waals surface area contributed by atoms with Gasteiger partial charge in [0.2, 0.25) is 0 Å². The van der Waals surface area contributed by atoms with E-state index in [9.17, 15) is 25.0 Å². The van der Waals surface area contributed by atoms with Crippen LogP contribution in [0.4, 0.5) is 11.4 Å². The van der Waals surface area contributed by atoms with E-state index in [2.05, 4.69) is 10.1 Å². The molecule has 28 heavy (non-hydrogen) atoms. The van der Waals surface area contributed by atoms with E-state index in [0.29, 0.717) is 0 Å². The number of hydrazone groups is 1. The van der Waals surface area contributed by atoms with E-state index in [1.807, 2.05) is 12.1 Å². The summed E-state index contributed by atoms with van der Waals surface area (Å²) >= 11 is 0. The largest absolute Gasteiger partial charge is 0.387 e. The molecule has 146 valence electrons. The quantitative estimate of drug-likeness (QED) is 0.622. The Kier molecular flexibility index (Phi) is 6.45. The van der Waals surface area contributed by atoms with Crippen LogP contribution in [0.1, 0.15) is 25.6 Å². The lowest BCUT2D eigenvalue weighted by molar-refractivity contribution is -0.488. The van der Waals surface area contributed by atoms with Gasteiger partial charge in [-0.15, -0.1) is 0 Å². The second-order valence-electron chi connectivity index (χ2n) is 5.78. The van der Waals surface area contributed by atoms with Crippen LogP contribution in [0.2, 0.25) is 0 Å². The molecule has 2 aromatic rings. The highest BCUT2D eigenvalue weighted by atomic mass is 16.6. The minimum Gasteiger partial charge on any atom is -0.387 e. The second kappa shape index (κ2) is 8.77. The van der Waals surface area contributed by atoms with Gasteiger partial charge in [-0.3, -0.25) is 30.0 Å². The number of carbonyl (C=O) groups excluding carboxylic acids is 1. The number of pyridine rings is 1. The summed E-state index contributed by atoms with van der Waals surface area (Å²) in [4.78, 5) is 35.7. The Labute approximate surface area is 159 Å². The van der Waals surface area contributed by atoms with Crippen molar-refractivity contribution in [2.75, 3.05) is 5.01 Å². The van der Waals surface area contributed by atoms with E-state index in [1.54, 1.807) is 19.2 Å². The molecule has 0 aliphatic carbocycles. The number of aromatic nitrogens is 1. The van der Waals surface area contributed by atoms with E-state index in [1.165, 1.54) is 31.2 Å². The molecule has 1 aliphatic rings. The molecule has 2 atom stereocenters. The fourth-order valence-corrected chi connectivity index (χ4v) is 2.32. The Hall–Kier alpha value is -3.73. The van der Waals surface area contributed by atoms with Gasteiger partial charge in [-0.05, 0) is 38.1 Å². The molecule has 0 saturated heterocycles. The van der Waals surface area contributed by atoms with Crippen LogP contribution in [0.15, 0.2) is 53.8 Å². The average Bonchev–Trinajstić information content (AvgIpc) is 2.97. The smallest absolute Gasteiger partial charge is 0.331 e.